The van der Waals surface area contributed by atoms with Crippen LogP contribution in [0.25, 0.3) is 10.9 Å². The number of fused-ring (bicyclic) bond motifs is 1. The zero-order valence-electron chi connectivity index (χ0n) is 18.4. The number of rotatable bonds is 7. The molecule has 1 aromatic heterocycles. The van der Waals surface area contributed by atoms with E-state index in [0.717, 1.165) is 48.0 Å². The van der Waals surface area contributed by atoms with Gasteiger partial charge in [-0.2, -0.15) is 0 Å². The highest BCUT2D eigenvalue weighted by molar-refractivity contribution is 5.98. The third-order valence-corrected chi connectivity index (χ3v) is 5.58. The fourth-order valence-corrected chi connectivity index (χ4v) is 3.80. The van der Waals surface area contributed by atoms with E-state index in [0.29, 0.717) is 12.4 Å². The molecular formula is C24H27N5O3. The average Bonchev–Trinajstić information content (AvgIpc) is 3.40. The van der Waals surface area contributed by atoms with Gasteiger partial charge in [0.05, 0.1) is 17.9 Å². The highest BCUT2D eigenvalue weighted by Gasteiger charge is 2.20. The number of amides is 1. The number of oxime groups is 1. The lowest BCUT2D eigenvalue weighted by atomic mass is 10.1. The van der Waals surface area contributed by atoms with Gasteiger partial charge in [-0.1, -0.05) is 53.2 Å². The first-order valence-electron chi connectivity index (χ1n) is 10.7. The smallest absolute Gasteiger partial charge is 0.304 e. The van der Waals surface area contributed by atoms with Crippen molar-refractivity contribution in [1.82, 2.24) is 9.47 Å². The molecule has 0 atom stereocenters. The summed E-state index contributed by atoms with van der Waals surface area (Å²) in [5.41, 5.74) is 3.88. The molecule has 1 aliphatic heterocycles. The fraction of sp³-hybridized carbons (Fsp3) is 0.333. The van der Waals surface area contributed by atoms with E-state index in [2.05, 4.69) is 20.3 Å². The molecular weight excluding hydrogens is 406 g/mol. The molecule has 1 fully saturated rings. The maximum atomic E-state index is 12.2. The van der Waals surface area contributed by atoms with Gasteiger partial charge in [0.15, 0.2) is 12.3 Å². The summed E-state index contributed by atoms with van der Waals surface area (Å²) in [6, 6.07) is 15.4. The average molecular weight is 434 g/mol. The summed E-state index contributed by atoms with van der Waals surface area (Å²) < 4.78 is 1.81. The lowest BCUT2D eigenvalue weighted by Crippen LogP contribution is -2.22. The molecule has 8 nitrogen and oxygen atoms in total. The van der Waals surface area contributed by atoms with Gasteiger partial charge in [-0.25, -0.2) is 0 Å². The van der Waals surface area contributed by atoms with Crippen LogP contribution in [0.2, 0.25) is 0 Å². The van der Waals surface area contributed by atoms with Crippen molar-refractivity contribution in [3.8, 4) is 5.88 Å². The van der Waals surface area contributed by atoms with Crippen LogP contribution in [0.5, 0.6) is 5.88 Å². The lowest BCUT2D eigenvalue weighted by molar-refractivity contribution is -0.122. The van der Waals surface area contributed by atoms with Gasteiger partial charge in [-0.3, -0.25) is 14.3 Å². The molecule has 1 aliphatic rings. The van der Waals surface area contributed by atoms with E-state index in [1.54, 1.807) is 0 Å². The topological polar surface area (TPSA) is 91.8 Å². The van der Waals surface area contributed by atoms with Crippen molar-refractivity contribution in [2.45, 2.75) is 33.4 Å². The van der Waals surface area contributed by atoms with Gasteiger partial charge in [0.2, 0.25) is 5.88 Å². The van der Waals surface area contributed by atoms with Crippen molar-refractivity contribution in [2.75, 3.05) is 19.7 Å². The van der Waals surface area contributed by atoms with E-state index in [9.17, 15) is 9.90 Å². The molecule has 0 bridgehead atoms. The molecule has 2 aromatic carbocycles. The monoisotopic (exact) mass is 433 g/mol. The van der Waals surface area contributed by atoms with E-state index in [-0.39, 0.29) is 18.2 Å². The van der Waals surface area contributed by atoms with Crippen molar-refractivity contribution in [3.05, 3.63) is 59.7 Å². The van der Waals surface area contributed by atoms with E-state index < -0.39 is 5.91 Å². The first-order valence-corrected chi connectivity index (χ1v) is 10.7. The van der Waals surface area contributed by atoms with Crippen LogP contribution in [0, 0.1) is 6.92 Å². The number of nitrogens with zero attached hydrogens (tertiary/aromatic N) is 5. The summed E-state index contributed by atoms with van der Waals surface area (Å²) in [4.78, 5) is 19.6. The molecule has 1 N–H and O–H groups in total. The van der Waals surface area contributed by atoms with Crippen molar-refractivity contribution in [2.24, 2.45) is 15.4 Å². The Labute approximate surface area is 186 Å². The summed E-state index contributed by atoms with van der Waals surface area (Å²) in [6.07, 6.45) is 2.32. The molecule has 0 aliphatic carbocycles. The minimum atomic E-state index is -0.582. The van der Waals surface area contributed by atoms with Crippen LogP contribution >= 0.6 is 0 Å². The Hall–Kier alpha value is -3.52. The Balaban J connectivity index is 1.45. The molecule has 4 rings (SSSR count). The number of aryl methyl sites for hydroxylation is 1. The predicted molar refractivity (Wildman–Crippen MR) is 123 cm³/mol. The number of hydrogen-bond acceptors (Lipinski definition) is 6. The molecule has 166 valence electrons. The zero-order valence-corrected chi connectivity index (χ0v) is 18.4. The van der Waals surface area contributed by atoms with Crippen LogP contribution < -0.4 is 0 Å². The van der Waals surface area contributed by atoms with Crippen LogP contribution in [0.1, 0.15) is 30.9 Å². The zero-order chi connectivity index (χ0) is 22.5. The second kappa shape index (κ2) is 9.74. The number of aromatic hydroxyl groups is 1. The maximum Gasteiger partial charge on any atom is 0.304 e. The summed E-state index contributed by atoms with van der Waals surface area (Å²) in [5.74, 6) is -0.579. The SMILES string of the molecule is C/C(=N\OCC(=O)N=Nc1c(O)n(CN2CCCC2)c2ccccc12)c1ccc(C)cc1. The third-order valence-electron chi connectivity index (χ3n) is 5.58. The first kappa shape index (κ1) is 21.7. The van der Waals surface area contributed by atoms with Gasteiger partial charge >= 0.3 is 5.91 Å². The van der Waals surface area contributed by atoms with E-state index in [1.165, 1.54) is 0 Å². The van der Waals surface area contributed by atoms with Crippen molar-refractivity contribution in [1.29, 1.82) is 0 Å². The van der Waals surface area contributed by atoms with Crippen molar-refractivity contribution < 1.29 is 14.7 Å². The molecule has 8 heteroatoms. The Morgan fingerprint density at radius 2 is 1.81 bits per heavy atom. The number of benzene rings is 2. The van der Waals surface area contributed by atoms with Gasteiger partial charge in [-0.05, 0) is 51.4 Å². The Bertz CT molecular complexity index is 1160. The van der Waals surface area contributed by atoms with E-state index in [4.69, 9.17) is 4.84 Å². The number of carbonyl (C=O) groups is 1. The van der Waals surface area contributed by atoms with Crippen molar-refractivity contribution >= 4 is 28.2 Å². The Morgan fingerprint density at radius 1 is 1.09 bits per heavy atom. The summed E-state index contributed by atoms with van der Waals surface area (Å²) >= 11 is 0. The summed E-state index contributed by atoms with van der Waals surface area (Å²) in [7, 11) is 0. The minimum absolute atomic E-state index is 0.00352. The van der Waals surface area contributed by atoms with Crippen LogP contribution in [0.3, 0.4) is 0 Å². The molecule has 0 saturated carbocycles. The van der Waals surface area contributed by atoms with E-state index in [1.807, 2.05) is 66.9 Å². The highest BCUT2D eigenvalue weighted by Crippen LogP contribution is 2.39. The van der Waals surface area contributed by atoms with Crippen molar-refractivity contribution in [3.63, 3.8) is 0 Å². The van der Waals surface area contributed by atoms with Crippen LogP contribution in [-0.2, 0) is 16.3 Å². The molecule has 0 spiro atoms. The number of carbonyl (C=O) groups excluding carboxylic acids is 1. The Kier molecular flexibility index (Phi) is 6.61. The normalized spacial score (nSPS) is 15.1. The molecule has 0 unspecified atom stereocenters. The standard InChI is InChI=1S/C24H27N5O3/c1-17-9-11-19(12-10-17)18(2)27-32-15-22(30)25-26-23-20-7-3-4-8-21(20)29(24(23)31)16-28-13-5-6-14-28/h3-4,7-12,31H,5-6,13-16H2,1-2H3/b26-25?,27-18+. The molecule has 3 aromatic rings. The lowest BCUT2D eigenvalue weighted by Gasteiger charge is -2.17. The quantitative estimate of drug-likeness (QED) is 0.330. The van der Waals surface area contributed by atoms with E-state index >= 15 is 0 Å². The fourth-order valence-electron chi connectivity index (χ4n) is 3.80. The second-order valence-corrected chi connectivity index (χ2v) is 7.99. The molecule has 1 saturated heterocycles. The van der Waals surface area contributed by atoms with Gasteiger partial charge in [0, 0.05) is 5.39 Å². The largest absolute Gasteiger partial charge is 0.493 e. The molecule has 2 heterocycles. The molecule has 0 radical (unpaired) electrons. The van der Waals surface area contributed by atoms with Gasteiger partial charge < -0.3 is 9.94 Å². The second-order valence-electron chi connectivity index (χ2n) is 7.99. The first-order chi connectivity index (χ1) is 15.5. The third kappa shape index (κ3) is 4.86. The number of likely N-dealkylation sites (tertiary alicyclic amines) is 1. The predicted octanol–water partition coefficient (Wildman–Crippen LogP) is 4.76. The minimum Gasteiger partial charge on any atom is -0.493 e. The van der Waals surface area contributed by atoms with Gasteiger partial charge in [0.25, 0.3) is 0 Å². The Morgan fingerprint density at radius 3 is 2.56 bits per heavy atom. The summed E-state index contributed by atoms with van der Waals surface area (Å²) in [6.45, 7) is 6.07. The number of para-hydroxylation sites is 1. The van der Waals surface area contributed by atoms with Crippen LogP contribution in [-0.4, -0.2) is 45.9 Å². The number of hydrogen-bond donors (Lipinski definition) is 1. The van der Waals surface area contributed by atoms with Gasteiger partial charge in [-0.15, -0.1) is 10.2 Å². The number of aromatic nitrogens is 1. The molecule has 32 heavy (non-hydrogen) atoms. The number of azo groups is 1. The maximum absolute atomic E-state index is 12.2. The van der Waals surface area contributed by atoms with Crippen LogP contribution in [0.15, 0.2) is 63.9 Å². The van der Waals surface area contributed by atoms with Crippen LogP contribution in [0.4, 0.5) is 5.69 Å². The summed E-state index contributed by atoms with van der Waals surface area (Å²) in [5, 5.41) is 23.3. The highest BCUT2D eigenvalue weighted by atomic mass is 16.6. The van der Waals surface area contributed by atoms with Gasteiger partial charge in [0.1, 0.15) is 0 Å². The molecule has 1 amide bonds.